The predicted octanol–water partition coefficient (Wildman–Crippen LogP) is 8.00. The second-order valence-electron chi connectivity index (χ2n) is 8.02. The van der Waals surface area contributed by atoms with Gasteiger partial charge in [-0.1, -0.05) is 36.4 Å². The van der Waals surface area contributed by atoms with E-state index in [2.05, 4.69) is 20.5 Å². The smallest absolute Gasteiger partial charge is 0.146 e. The highest BCUT2D eigenvalue weighted by Crippen LogP contribution is 2.34. The van der Waals surface area contributed by atoms with E-state index in [0.717, 1.165) is 11.1 Å². The zero-order valence-corrected chi connectivity index (χ0v) is 20.0. The molecule has 0 aromatic heterocycles. The normalized spacial score (nSPS) is 11.3. The molecule has 0 heterocycles. The minimum Gasteiger partial charge on any atom is -0.506 e. The number of ether oxygens (including phenoxy) is 2. The van der Waals surface area contributed by atoms with E-state index >= 15 is 0 Å². The van der Waals surface area contributed by atoms with Crippen LogP contribution in [0, 0.1) is 13.8 Å². The summed E-state index contributed by atoms with van der Waals surface area (Å²) in [5.41, 5.74) is 3.78. The molecule has 8 nitrogen and oxygen atoms in total. The van der Waals surface area contributed by atoms with Gasteiger partial charge in [0.05, 0.1) is 0 Å². The van der Waals surface area contributed by atoms with E-state index in [0.29, 0.717) is 34.2 Å². The Morgan fingerprint density at radius 2 is 0.917 bits per heavy atom. The first-order valence-corrected chi connectivity index (χ1v) is 11.4. The number of nitrogens with zero attached hydrogens (tertiary/aromatic N) is 4. The molecule has 0 aliphatic carbocycles. The number of hydrogen-bond donors (Lipinski definition) is 2. The second-order valence-corrected chi connectivity index (χ2v) is 8.02. The van der Waals surface area contributed by atoms with Gasteiger partial charge in [-0.15, -0.1) is 20.5 Å². The standard InChI is InChI=1S/C28H26N4O4/c1-19-11-13-25(33)23(17-19)31-29-21-7-3-5-9-27(21)35-15-16-36-28-10-6-4-8-22(28)30-32-24-18-20(2)12-14-26(24)34/h3-14,17-18,33-34H,15-16H2,1-2H3. The Labute approximate surface area is 209 Å². The molecule has 0 saturated carbocycles. The number of benzene rings is 4. The van der Waals surface area contributed by atoms with Gasteiger partial charge in [0.25, 0.3) is 0 Å². The van der Waals surface area contributed by atoms with Crippen molar-refractivity contribution in [3.8, 4) is 23.0 Å². The van der Waals surface area contributed by atoms with Gasteiger partial charge in [-0.25, -0.2) is 0 Å². The maximum Gasteiger partial charge on any atom is 0.146 e. The molecule has 0 amide bonds. The van der Waals surface area contributed by atoms with Gasteiger partial charge in [-0.2, -0.15) is 0 Å². The highest BCUT2D eigenvalue weighted by atomic mass is 16.5. The number of phenols is 2. The summed E-state index contributed by atoms with van der Waals surface area (Å²) in [6, 6.07) is 24.8. The third-order valence-corrected chi connectivity index (χ3v) is 5.12. The Balaban J connectivity index is 1.38. The van der Waals surface area contributed by atoms with E-state index in [-0.39, 0.29) is 24.7 Å². The van der Waals surface area contributed by atoms with Crippen molar-refractivity contribution < 1.29 is 19.7 Å². The summed E-state index contributed by atoms with van der Waals surface area (Å²) >= 11 is 0. The van der Waals surface area contributed by atoms with Gasteiger partial charge in [0.2, 0.25) is 0 Å². The van der Waals surface area contributed by atoms with Crippen LogP contribution in [0.5, 0.6) is 23.0 Å². The summed E-state index contributed by atoms with van der Waals surface area (Å²) in [6.07, 6.45) is 0. The lowest BCUT2D eigenvalue weighted by molar-refractivity contribution is 0.218. The second kappa shape index (κ2) is 11.6. The van der Waals surface area contributed by atoms with Crippen LogP contribution in [0.1, 0.15) is 11.1 Å². The van der Waals surface area contributed by atoms with Crippen molar-refractivity contribution in [2.75, 3.05) is 13.2 Å². The molecule has 4 aromatic carbocycles. The monoisotopic (exact) mass is 482 g/mol. The van der Waals surface area contributed by atoms with E-state index in [1.807, 2.05) is 38.1 Å². The third kappa shape index (κ3) is 6.44. The van der Waals surface area contributed by atoms with Gasteiger partial charge in [0.15, 0.2) is 0 Å². The number of azo groups is 2. The Morgan fingerprint density at radius 1 is 0.528 bits per heavy atom. The number of aromatic hydroxyl groups is 2. The van der Waals surface area contributed by atoms with Crippen molar-refractivity contribution in [2.45, 2.75) is 13.8 Å². The number of phenolic OH excluding ortho intramolecular Hbond substituents is 2. The molecule has 182 valence electrons. The predicted molar refractivity (Wildman–Crippen MR) is 138 cm³/mol. The van der Waals surface area contributed by atoms with Gasteiger partial charge in [0.1, 0.15) is 59.0 Å². The van der Waals surface area contributed by atoms with Crippen LogP contribution >= 0.6 is 0 Å². The molecule has 0 bridgehead atoms. The maximum atomic E-state index is 9.99. The molecule has 0 aliphatic rings. The average molecular weight is 483 g/mol. The Hall–Kier alpha value is -4.72. The van der Waals surface area contributed by atoms with E-state index in [4.69, 9.17) is 9.47 Å². The van der Waals surface area contributed by atoms with Crippen LogP contribution in [-0.4, -0.2) is 23.4 Å². The average Bonchev–Trinajstić information content (AvgIpc) is 2.89. The molecule has 8 heteroatoms. The van der Waals surface area contributed by atoms with Crippen LogP contribution in [0.2, 0.25) is 0 Å². The van der Waals surface area contributed by atoms with E-state index in [1.165, 1.54) is 0 Å². The van der Waals surface area contributed by atoms with Crippen molar-refractivity contribution in [2.24, 2.45) is 20.5 Å². The van der Waals surface area contributed by atoms with Crippen molar-refractivity contribution in [3.05, 3.63) is 96.1 Å². The Kier molecular flexibility index (Phi) is 7.87. The summed E-state index contributed by atoms with van der Waals surface area (Å²) in [5, 5.41) is 36.8. The summed E-state index contributed by atoms with van der Waals surface area (Å²) in [5.74, 6) is 1.20. The van der Waals surface area contributed by atoms with Gasteiger partial charge >= 0.3 is 0 Å². The first kappa shape index (κ1) is 24.4. The molecule has 0 saturated heterocycles. The van der Waals surface area contributed by atoms with Gasteiger partial charge < -0.3 is 19.7 Å². The minimum atomic E-state index is 0.0598. The number of rotatable bonds is 9. The summed E-state index contributed by atoms with van der Waals surface area (Å²) in [4.78, 5) is 0. The first-order valence-electron chi connectivity index (χ1n) is 11.4. The molecule has 36 heavy (non-hydrogen) atoms. The molecule has 0 atom stereocenters. The van der Waals surface area contributed by atoms with Crippen LogP contribution in [0.3, 0.4) is 0 Å². The quantitative estimate of drug-likeness (QED) is 0.186. The van der Waals surface area contributed by atoms with E-state index in [9.17, 15) is 10.2 Å². The van der Waals surface area contributed by atoms with Gasteiger partial charge in [-0.3, -0.25) is 0 Å². The SMILES string of the molecule is Cc1ccc(O)c(N=Nc2ccccc2OCCOc2ccccc2N=Nc2cc(C)ccc2O)c1. The van der Waals surface area contributed by atoms with E-state index in [1.54, 1.807) is 60.7 Å². The lowest BCUT2D eigenvalue weighted by Crippen LogP contribution is -2.09. The number of hydrogen-bond acceptors (Lipinski definition) is 8. The highest BCUT2D eigenvalue weighted by Gasteiger charge is 2.07. The molecule has 4 rings (SSSR count). The molecule has 4 aromatic rings. The largest absolute Gasteiger partial charge is 0.506 e. The summed E-state index contributed by atoms with van der Waals surface area (Å²) < 4.78 is 11.7. The van der Waals surface area contributed by atoms with Crippen LogP contribution in [0.25, 0.3) is 0 Å². The van der Waals surface area contributed by atoms with Crippen molar-refractivity contribution in [1.29, 1.82) is 0 Å². The van der Waals surface area contributed by atoms with Crippen LogP contribution in [-0.2, 0) is 0 Å². The molecule has 0 unspecified atom stereocenters. The Morgan fingerprint density at radius 3 is 1.36 bits per heavy atom. The third-order valence-electron chi connectivity index (χ3n) is 5.12. The van der Waals surface area contributed by atoms with Crippen molar-refractivity contribution >= 4 is 22.7 Å². The molecular weight excluding hydrogens is 456 g/mol. The van der Waals surface area contributed by atoms with Crippen LogP contribution in [0.15, 0.2) is 105 Å². The fourth-order valence-corrected chi connectivity index (χ4v) is 3.27. The van der Waals surface area contributed by atoms with Crippen molar-refractivity contribution in [1.82, 2.24) is 0 Å². The molecular formula is C28H26N4O4. The van der Waals surface area contributed by atoms with E-state index < -0.39 is 0 Å². The molecule has 0 spiro atoms. The summed E-state index contributed by atoms with van der Waals surface area (Å²) in [7, 11) is 0. The zero-order chi connectivity index (χ0) is 25.3. The molecule has 0 radical (unpaired) electrons. The maximum absolute atomic E-state index is 9.99. The van der Waals surface area contributed by atoms with Gasteiger partial charge in [0, 0.05) is 0 Å². The highest BCUT2D eigenvalue weighted by molar-refractivity contribution is 5.56. The lowest BCUT2D eigenvalue weighted by atomic mass is 10.2. The molecule has 0 aliphatic heterocycles. The topological polar surface area (TPSA) is 108 Å². The van der Waals surface area contributed by atoms with Crippen LogP contribution < -0.4 is 9.47 Å². The number of para-hydroxylation sites is 2. The fourth-order valence-electron chi connectivity index (χ4n) is 3.27. The van der Waals surface area contributed by atoms with Crippen molar-refractivity contribution in [3.63, 3.8) is 0 Å². The van der Waals surface area contributed by atoms with Gasteiger partial charge in [-0.05, 0) is 73.5 Å². The first-order chi connectivity index (χ1) is 17.5. The lowest BCUT2D eigenvalue weighted by Gasteiger charge is -2.11. The van der Waals surface area contributed by atoms with Crippen LogP contribution in [0.4, 0.5) is 22.7 Å². The minimum absolute atomic E-state index is 0.0598. The Bertz CT molecular complexity index is 1300. The number of aryl methyl sites for hydroxylation is 2. The molecule has 0 fully saturated rings. The fraction of sp³-hybridized carbons (Fsp3) is 0.143. The zero-order valence-electron chi connectivity index (χ0n) is 20.0. The summed E-state index contributed by atoms with van der Waals surface area (Å²) in [6.45, 7) is 4.35. The molecule has 2 N–H and O–H groups in total.